The largest absolute Gasteiger partial charge is 0.482 e. The highest BCUT2D eigenvalue weighted by molar-refractivity contribution is 7.92. The van der Waals surface area contributed by atoms with Gasteiger partial charge < -0.3 is 14.4 Å². The lowest BCUT2D eigenvalue weighted by Crippen LogP contribution is -2.47. The number of benzene rings is 1. The summed E-state index contributed by atoms with van der Waals surface area (Å²) in [6.45, 7) is 3.73. The van der Waals surface area contributed by atoms with E-state index < -0.39 is 16.0 Å². The van der Waals surface area contributed by atoms with Gasteiger partial charge in [0.25, 0.3) is 5.91 Å². The number of hydrogen-bond donors (Lipinski definition) is 1. The van der Waals surface area contributed by atoms with E-state index in [1.807, 2.05) is 0 Å². The van der Waals surface area contributed by atoms with Gasteiger partial charge in [-0.2, -0.15) is 0 Å². The molecule has 1 aromatic carbocycles. The maximum absolute atomic E-state index is 12.4. The highest BCUT2D eigenvalue weighted by Crippen LogP contribution is 2.31. The van der Waals surface area contributed by atoms with Crippen LogP contribution in [-0.4, -0.2) is 58.0 Å². The molecule has 0 aromatic heterocycles. The SMILES string of the molecule is C=CS(=O)(=O)NC1CCN(C(=O)COc2cc(C(=O)OC)c(Cl)cc2Cl)CC1. The first-order valence-electron chi connectivity index (χ1n) is 8.29. The van der Waals surface area contributed by atoms with Crippen LogP contribution >= 0.6 is 23.2 Å². The Morgan fingerprint density at radius 1 is 1.29 bits per heavy atom. The van der Waals surface area contributed by atoms with Gasteiger partial charge in [-0.25, -0.2) is 17.9 Å². The van der Waals surface area contributed by atoms with Crippen molar-refractivity contribution in [2.75, 3.05) is 26.8 Å². The topological polar surface area (TPSA) is 102 Å². The third kappa shape index (κ3) is 5.84. The quantitative estimate of drug-likeness (QED) is 0.638. The lowest BCUT2D eigenvalue weighted by atomic mass is 10.1. The fourth-order valence-electron chi connectivity index (χ4n) is 2.66. The second-order valence-corrected chi connectivity index (χ2v) is 8.50. The molecule has 0 radical (unpaired) electrons. The highest BCUT2D eigenvalue weighted by atomic mass is 35.5. The molecule has 1 amide bonds. The van der Waals surface area contributed by atoms with Crippen LogP contribution in [0.3, 0.4) is 0 Å². The minimum Gasteiger partial charge on any atom is -0.482 e. The number of methoxy groups -OCH3 is 1. The third-order valence-corrected chi connectivity index (χ3v) is 5.88. The first-order chi connectivity index (χ1) is 13.2. The number of ether oxygens (including phenoxy) is 2. The number of carbonyl (C=O) groups excluding carboxylic acids is 2. The summed E-state index contributed by atoms with van der Waals surface area (Å²) in [4.78, 5) is 25.6. The lowest BCUT2D eigenvalue weighted by molar-refractivity contribution is -0.134. The number of sulfonamides is 1. The molecule has 8 nitrogen and oxygen atoms in total. The van der Waals surface area contributed by atoms with Gasteiger partial charge in [0.05, 0.1) is 22.7 Å². The highest BCUT2D eigenvalue weighted by Gasteiger charge is 2.25. The van der Waals surface area contributed by atoms with Gasteiger partial charge in [0, 0.05) is 24.5 Å². The lowest BCUT2D eigenvalue weighted by Gasteiger charge is -2.32. The van der Waals surface area contributed by atoms with Crippen LogP contribution < -0.4 is 9.46 Å². The van der Waals surface area contributed by atoms with E-state index in [1.54, 1.807) is 4.90 Å². The molecule has 1 fully saturated rings. The summed E-state index contributed by atoms with van der Waals surface area (Å²) in [6.07, 6.45) is 0.958. The number of rotatable bonds is 7. The van der Waals surface area contributed by atoms with Gasteiger partial charge in [-0.3, -0.25) is 4.79 Å². The van der Waals surface area contributed by atoms with Gasteiger partial charge in [0.2, 0.25) is 10.0 Å². The van der Waals surface area contributed by atoms with Crippen molar-refractivity contribution < 1.29 is 27.5 Å². The average Bonchev–Trinajstić information content (AvgIpc) is 2.66. The van der Waals surface area contributed by atoms with Gasteiger partial charge in [0.1, 0.15) is 5.75 Å². The number of amides is 1. The van der Waals surface area contributed by atoms with E-state index in [4.69, 9.17) is 27.9 Å². The Labute approximate surface area is 173 Å². The van der Waals surface area contributed by atoms with E-state index in [0.29, 0.717) is 25.9 Å². The number of esters is 1. The zero-order valence-electron chi connectivity index (χ0n) is 15.1. The molecule has 0 unspecified atom stereocenters. The minimum atomic E-state index is -3.50. The molecule has 2 rings (SSSR count). The average molecular weight is 451 g/mol. The van der Waals surface area contributed by atoms with E-state index in [2.05, 4.69) is 16.0 Å². The van der Waals surface area contributed by atoms with Crippen molar-refractivity contribution in [3.8, 4) is 5.75 Å². The number of piperidine rings is 1. The van der Waals surface area contributed by atoms with E-state index in [9.17, 15) is 18.0 Å². The number of halogens is 2. The fourth-order valence-corrected chi connectivity index (χ4v) is 3.98. The standard InChI is InChI=1S/C17H20Cl2N2O6S/c1-3-28(24,25)20-11-4-6-21(7-5-11)16(22)10-27-15-8-12(17(23)26-2)13(18)9-14(15)19/h3,8-9,11,20H,1,4-7,10H2,2H3. The van der Waals surface area contributed by atoms with Crippen LogP contribution in [0, 0.1) is 0 Å². The second kappa shape index (κ2) is 9.60. The number of nitrogens with one attached hydrogen (secondary N) is 1. The summed E-state index contributed by atoms with van der Waals surface area (Å²) in [5.41, 5.74) is 0.0753. The Hall–Kier alpha value is -1.81. The normalized spacial score (nSPS) is 15.2. The van der Waals surface area contributed by atoms with Crippen LogP contribution in [0.25, 0.3) is 0 Å². The molecular formula is C17H20Cl2N2O6S. The molecule has 0 spiro atoms. The molecule has 1 saturated heterocycles. The minimum absolute atomic E-state index is 0.0753. The van der Waals surface area contributed by atoms with Gasteiger partial charge >= 0.3 is 5.97 Å². The third-order valence-electron chi connectivity index (χ3n) is 4.18. The first-order valence-corrected chi connectivity index (χ1v) is 10.6. The molecule has 1 aromatic rings. The molecule has 0 saturated carbocycles. The second-order valence-electron chi connectivity index (χ2n) is 6.03. The van der Waals surface area contributed by atoms with E-state index in [-0.39, 0.29) is 39.9 Å². The molecule has 1 heterocycles. The van der Waals surface area contributed by atoms with E-state index in [1.165, 1.54) is 19.2 Å². The Kier molecular flexibility index (Phi) is 7.70. The number of hydrogen-bond acceptors (Lipinski definition) is 6. The zero-order chi connectivity index (χ0) is 20.9. The van der Waals surface area contributed by atoms with E-state index >= 15 is 0 Å². The van der Waals surface area contributed by atoms with Crippen LogP contribution in [0.1, 0.15) is 23.2 Å². The first kappa shape index (κ1) is 22.5. The van der Waals surface area contributed by atoms with Crippen molar-refractivity contribution in [1.82, 2.24) is 9.62 Å². The molecule has 1 N–H and O–H groups in total. The van der Waals surface area contributed by atoms with Crippen LogP contribution in [0.2, 0.25) is 10.0 Å². The Balaban J connectivity index is 1.93. The Bertz CT molecular complexity index is 867. The van der Waals surface area contributed by atoms with Crippen LogP contribution in [0.15, 0.2) is 24.1 Å². The summed E-state index contributed by atoms with van der Waals surface area (Å²) in [5, 5.41) is 1.12. The summed E-state index contributed by atoms with van der Waals surface area (Å²) in [6, 6.07) is 2.41. The van der Waals surface area contributed by atoms with E-state index in [0.717, 1.165) is 5.41 Å². The van der Waals surface area contributed by atoms with Crippen molar-refractivity contribution in [3.63, 3.8) is 0 Å². The monoisotopic (exact) mass is 450 g/mol. The predicted octanol–water partition coefficient (Wildman–Crippen LogP) is 2.21. The van der Waals surface area contributed by atoms with Gasteiger partial charge in [-0.1, -0.05) is 29.8 Å². The Morgan fingerprint density at radius 3 is 2.50 bits per heavy atom. The molecule has 0 atom stereocenters. The maximum atomic E-state index is 12.4. The number of likely N-dealkylation sites (tertiary alicyclic amines) is 1. The molecule has 28 heavy (non-hydrogen) atoms. The van der Waals surface area contributed by atoms with Crippen molar-refractivity contribution in [3.05, 3.63) is 39.7 Å². The number of nitrogens with zero attached hydrogens (tertiary/aromatic N) is 1. The van der Waals surface area contributed by atoms with Crippen molar-refractivity contribution >= 4 is 45.1 Å². The molecule has 0 bridgehead atoms. The molecular weight excluding hydrogens is 431 g/mol. The van der Waals surface area contributed by atoms with Crippen molar-refractivity contribution in [2.45, 2.75) is 18.9 Å². The van der Waals surface area contributed by atoms with Crippen LogP contribution in [0.4, 0.5) is 0 Å². The van der Waals surface area contributed by atoms with Gasteiger partial charge in [0.15, 0.2) is 6.61 Å². The molecule has 1 aliphatic heterocycles. The summed E-state index contributed by atoms with van der Waals surface area (Å²) >= 11 is 12.0. The van der Waals surface area contributed by atoms with Crippen molar-refractivity contribution in [1.29, 1.82) is 0 Å². The fraction of sp³-hybridized carbons (Fsp3) is 0.412. The summed E-state index contributed by atoms with van der Waals surface area (Å²) < 4.78 is 35.6. The van der Waals surface area contributed by atoms with Crippen molar-refractivity contribution in [2.24, 2.45) is 0 Å². The number of carbonyl (C=O) groups is 2. The van der Waals surface area contributed by atoms with Gasteiger partial charge in [-0.15, -0.1) is 0 Å². The molecule has 1 aliphatic rings. The predicted molar refractivity (Wildman–Crippen MR) is 105 cm³/mol. The molecule has 11 heteroatoms. The van der Waals surface area contributed by atoms with Crippen LogP contribution in [0.5, 0.6) is 5.75 Å². The zero-order valence-corrected chi connectivity index (χ0v) is 17.4. The smallest absolute Gasteiger partial charge is 0.339 e. The van der Waals surface area contributed by atoms with Crippen LogP contribution in [-0.2, 0) is 19.6 Å². The Morgan fingerprint density at radius 2 is 1.93 bits per heavy atom. The molecule has 0 aliphatic carbocycles. The van der Waals surface area contributed by atoms with Gasteiger partial charge in [-0.05, 0) is 25.0 Å². The summed E-state index contributed by atoms with van der Waals surface area (Å²) in [5.74, 6) is -0.800. The summed E-state index contributed by atoms with van der Waals surface area (Å²) in [7, 11) is -2.28. The maximum Gasteiger partial charge on any atom is 0.339 e. The molecule has 154 valence electrons.